The largest absolute Gasteiger partial charge is 0.357 e. The van der Waals surface area contributed by atoms with Crippen LogP contribution in [0.2, 0.25) is 0 Å². The second-order valence-corrected chi connectivity index (χ2v) is 8.30. The number of rotatable bonds is 9. The van der Waals surface area contributed by atoms with Crippen molar-refractivity contribution >= 4 is 29.9 Å². The van der Waals surface area contributed by atoms with E-state index in [1.165, 1.54) is 5.69 Å². The summed E-state index contributed by atoms with van der Waals surface area (Å²) in [6, 6.07) is 2.63. The number of likely N-dealkylation sites (N-methyl/N-ethyl adjacent to an activating group) is 1. The Balaban J connectivity index is 0.00000420. The fourth-order valence-corrected chi connectivity index (χ4v) is 3.76. The summed E-state index contributed by atoms with van der Waals surface area (Å²) < 4.78 is 2.09. The van der Waals surface area contributed by atoms with Gasteiger partial charge in [0, 0.05) is 57.5 Å². The quantitative estimate of drug-likeness (QED) is 0.227. The highest BCUT2D eigenvalue weighted by molar-refractivity contribution is 14.0. The summed E-state index contributed by atoms with van der Waals surface area (Å²) in [7, 11) is 2.21. The van der Waals surface area contributed by atoms with Gasteiger partial charge in [-0.3, -0.25) is 14.6 Å². The summed E-state index contributed by atoms with van der Waals surface area (Å²) in [5.74, 6) is 1.52. The molecule has 1 aliphatic rings. The van der Waals surface area contributed by atoms with Gasteiger partial charge in [-0.15, -0.1) is 24.0 Å². The molecule has 0 amide bonds. The first-order chi connectivity index (χ1) is 13.4. The number of aryl methyl sites for hydroxylation is 3. The van der Waals surface area contributed by atoms with Gasteiger partial charge in [0.25, 0.3) is 0 Å². The molecular weight excluding hydrogens is 477 g/mol. The molecule has 1 aromatic rings. The summed E-state index contributed by atoms with van der Waals surface area (Å²) in [4.78, 5) is 9.93. The highest BCUT2D eigenvalue weighted by Gasteiger charge is 2.24. The molecule has 0 bridgehead atoms. The average Bonchev–Trinajstić information content (AvgIpc) is 2.97. The zero-order valence-corrected chi connectivity index (χ0v) is 21.6. The van der Waals surface area contributed by atoms with Crippen molar-refractivity contribution in [2.45, 2.75) is 53.6 Å². The Morgan fingerprint density at radius 1 is 1.17 bits per heavy atom. The normalized spacial score (nSPS) is 17.3. The van der Waals surface area contributed by atoms with Crippen LogP contribution in [-0.4, -0.2) is 84.4 Å². The Labute approximate surface area is 194 Å². The summed E-state index contributed by atoms with van der Waals surface area (Å²) >= 11 is 0. The lowest BCUT2D eigenvalue weighted by molar-refractivity contribution is 0.0925. The number of aliphatic imine (C=N–C) groups is 1. The molecule has 2 rings (SSSR count). The lowest BCUT2D eigenvalue weighted by atomic mass is 10.0. The lowest BCUT2D eigenvalue weighted by Crippen LogP contribution is -2.52. The van der Waals surface area contributed by atoms with Crippen LogP contribution < -0.4 is 10.6 Å². The molecule has 1 aromatic heterocycles. The molecule has 0 saturated carbocycles. The molecule has 0 aliphatic carbocycles. The Morgan fingerprint density at radius 3 is 2.41 bits per heavy atom. The first-order valence-electron chi connectivity index (χ1n) is 10.9. The van der Waals surface area contributed by atoms with E-state index < -0.39 is 0 Å². The van der Waals surface area contributed by atoms with E-state index >= 15 is 0 Å². The Kier molecular flexibility index (Phi) is 12.1. The van der Waals surface area contributed by atoms with E-state index in [9.17, 15) is 0 Å². The van der Waals surface area contributed by atoms with Crippen molar-refractivity contribution in [3.63, 3.8) is 0 Å². The highest BCUT2D eigenvalue weighted by atomic mass is 127. The molecule has 1 saturated heterocycles. The van der Waals surface area contributed by atoms with Crippen molar-refractivity contribution in [3.05, 3.63) is 17.5 Å². The number of nitrogens with zero attached hydrogens (tertiary/aromatic N) is 5. The highest BCUT2D eigenvalue weighted by Crippen LogP contribution is 2.14. The summed E-state index contributed by atoms with van der Waals surface area (Å²) in [5.41, 5.74) is 2.31. The molecular formula is C21H42IN7. The van der Waals surface area contributed by atoms with Crippen molar-refractivity contribution in [2.24, 2.45) is 10.9 Å². The fraction of sp³-hybridized carbons (Fsp3) is 0.810. The third kappa shape index (κ3) is 8.80. The average molecular weight is 520 g/mol. The molecule has 2 heterocycles. The molecule has 1 fully saturated rings. The molecule has 0 aromatic carbocycles. The van der Waals surface area contributed by atoms with Crippen molar-refractivity contribution in [2.75, 3.05) is 52.9 Å². The van der Waals surface area contributed by atoms with Crippen LogP contribution in [0.4, 0.5) is 0 Å². The minimum atomic E-state index is 0. The van der Waals surface area contributed by atoms with Crippen LogP contribution >= 0.6 is 24.0 Å². The van der Waals surface area contributed by atoms with Gasteiger partial charge >= 0.3 is 0 Å². The first kappa shape index (κ1) is 26.2. The van der Waals surface area contributed by atoms with Gasteiger partial charge < -0.3 is 15.5 Å². The SMILES string of the molecule is CCNC(=NCC(C(C)C)N1CCN(C)CC1)NCCCn1nc(C)cc1C.I. The van der Waals surface area contributed by atoms with Crippen molar-refractivity contribution in [3.8, 4) is 0 Å². The van der Waals surface area contributed by atoms with Crippen LogP contribution in [0.1, 0.15) is 38.6 Å². The number of hydrogen-bond donors (Lipinski definition) is 2. The van der Waals surface area contributed by atoms with E-state index in [0.717, 1.165) is 70.4 Å². The maximum atomic E-state index is 4.91. The van der Waals surface area contributed by atoms with E-state index in [4.69, 9.17) is 4.99 Å². The minimum Gasteiger partial charge on any atom is -0.357 e. The Morgan fingerprint density at radius 2 is 1.86 bits per heavy atom. The number of aromatic nitrogens is 2. The van der Waals surface area contributed by atoms with Gasteiger partial charge in [-0.05, 0) is 46.2 Å². The first-order valence-corrected chi connectivity index (χ1v) is 10.9. The Bertz CT molecular complexity index is 606. The predicted octanol–water partition coefficient (Wildman–Crippen LogP) is 2.34. The maximum absolute atomic E-state index is 4.91. The Hall–Kier alpha value is -0.870. The van der Waals surface area contributed by atoms with Crippen LogP contribution in [-0.2, 0) is 6.54 Å². The standard InChI is InChI=1S/C21H41N7.HI/c1-7-22-21(23-9-8-10-28-19(5)15-18(4)25-28)24-16-20(17(2)3)27-13-11-26(6)12-14-27;/h15,17,20H,7-14,16H2,1-6H3,(H2,22,23,24);1H. The van der Waals surface area contributed by atoms with Gasteiger partial charge in [0.05, 0.1) is 12.2 Å². The summed E-state index contributed by atoms with van der Waals surface area (Å²) in [5, 5.41) is 11.4. The molecule has 2 N–H and O–H groups in total. The molecule has 8 heteroatoms. The van der Waals surface area contributed by atoms with Crippen LogP contribution in [0.5, 0.6) is 0 Å². The molecule has 0 radical (unpaired) electrons. The van der Waals surface area contributed by atoms with Gasteiger partial charge in [0.2, 0.25) is 0 Å². The molecule has 1 aliphatic heterocycles. The van der Waals surface area contributed by atoms with Crippen molar-refractivity contribution in [1.82, 2.24) is 30.2 Å². The molecule has 7 nitrogen and oxygen atoms in total. The third-order valence-electron chi connectivity index (χ3n) is 5.50. The number of guanidine groups is 1. The molecule has 168 valence electrons. The maximum Gasteiger partial charge on any atom is 0.191 e. The summed E-state index contributed by atoms with van der Waals surface area (Å²) in [6.45, 7) is 19.0. The number of piperazine rings is 1. The number of nitrogens with one attached hydrogen (secondary N) is 2. The van der Waals surface area contributed by atoms with Crippen molar-refractivity contribution < 1.29 is 0 Å². The van der Waals surface area contributed by atoms with Crippen LogP contribution in [0.3, 0.4) is 0 Å². The monoisotopic (exact) mass is 519 g/mol. The number of hydrogen-bond acceptors (Lipinski definition) is 4. The van der Waals surface area contributed by atoms with Gasteiger partial charge in [-0.2, -0.15) is 5.10 Å². The molecule has 1 atom stereocenters. The molecule has 29 heavy (non-hydrogen) atoms. The molecule has 0 spiro atoms. The van der Waals surface area contributed by atoms with Crippen LogP contribution in [0, 0.1) is 19.8 Å². The van der Waals surface area contributed by atoms with Crippen molar-refractivity contribution in [1.29, 1.82) is 0 Å². The van der Waals surface area contributed by atoms with E-state index in [1.807, 2.05) is 6.92 Å². The van der Waals surface area contributed by atoms with Gasteiger partial charge in [-0.1, -0.05) is 13.8 Å². The lowest BCUT2D eigenvalue weighted by Gasteiger charge is -2.39. The zero-order chi connectivity index (χ0) is 20.5. The molecule has 1 unspecified atom stereocenters. The minimum absolute atomic E-state index is 0. The second-order valence-electron chi connectivity index (χ2n) is 8.30. The zero-order valence-electron chi connectivity index (χ0n) is 19.2. The van der Waals surface area contributed by atoms with Gasteiger partial charge in [-0.25, -0.2) is 0 Å². The van der Waals surface area contributed by atoms with E-state index in [-0.39, 0.29) is 24.0 Å². The van der Waals surface area contributed by atoms with Crippen LogP contribution in [0.25, 0.3) is 0 Å². The summed E-state index contributed by atoms with van der Waals surface area (Å²) in [6.07, 6.45) is 1.03. The predicted molar refractivity (Wildman–Crippen MR) is 133 cm³/mol. The van der Waals surface area contributed by atoms with Crippen LogP contribution in [0.15, 0.2) is 11.1 Å². The topological polar surface area (TPSA) is 60.7 Å². The van der Waals surface area contributed by atoms with Gasteiger partial charge in [0.1, 0.15) is 0 Å². The third-order valence-corrected chi connectivity index (χ3v) is 5.50. The fourth-order valence-electron chi connectivity index (χ4n) is 3.76. The van der Waals surface area contributed by atoms with E-state index in [2.05, 4.69) is 71.0 Å². The van der Waals surface area contributed by atoms with E-state index in [1.54, 1.807) is 0 Å². The second kappa shape index (κ2) is 13.4. The smallest absolute Gasteiger partial charge is 0.191 e. The van der Waals surface area contributed by atoms with E-state index in [0.29, 0.717) is 12.0 Å². The van der Waals surface area contributed by atoms with Gasteiger partial charge in [0.15, 0.2) is 5.96 Å². The number of halogens is 1.